The first-order chi connectivity index (χ1) is 6.66. The van der Waals surface area contributed by atoms with Crippen LogP contribution in [-0.4, -0.2) is 9.57 Å². The summed E-state index contributed by atoms with van der Waals surface area (Å²) in [5.41, 5.74) is 1.24. The van der Waals surface area contributed by atoms with E-state index in [-0.39, 0.29) is 0 Å². The Morgan fingerprint density at radius 2 is 2.00 bits per heavy atom. The van der Waals surface area contributed by atoms with Crippen LogP contribution >= 0.6 is 35.6 Å². The first-order valence-electron chi connectivity index (χ1n) is 4.39. The maximum Gasteiger partial charge on any atom is 0.134 e. The molecule has 1 nitrogen and oxygen atoms in total. The third kappa shape index (κ3) is 2.05. The number of hydrogen-bond donors (Lipinski definition) is 1. The minimum absolute atomic E-state index is 0.324. The number of hydrogen-bond acceptors (Lipinski definition) is 2. The molecule has 1 aliphatic heterocycles. The van der Waals surface area contributed by atoms with E-state index in [2.05, 4.69) is 12.2 Å². The van der Waals surface area contributed by atoms with E-state index in [4.69, 9.17) is 23.8 Å². The minimum atomic E-state index is 0.324. The highest BCUT2D eigenvalue weighted by Crippen LogP contribution is 2.33. The fourth-order valence-electron chi connectivity index (χ4n) is 1.54. The monoisotopic (exact) mass is 243 g/mol. The Kier molecular flexibility index (Phi) is 3.00. The second-order valence-electron chi connectivity index (χ2n) is 3.28. The van der Waals surface area contributed by atoms with Gasteiger partial charge in [-0.15, -0.1) is 0 Å². The lowest BCUT2D eigenvalue weighted by molar-refractivity contribution is 0.666. The highest BCUT2D eigenvalue weighted by atomic mass is 35.5. The van der Waals surface area contributed by atoms with Gasteiger partial charge < -0.3 is 5.32 Å². The van der Waals surface area contributed by atoms with E-state index in [0.29, 0.717) is 11.3 Å². The van der Waals surface area contributed by atoms with E-state index in [0.717, 1.165) is 9.34 Å². The van der Waals surface area contributed by atoms with Crippen molar-refractivity contribution in [2.45, 2.75) is 18.2 Å². The Morgan fingerprint density at radius 3 is 2.50 bits per heavy atom. The molecule has 1 fully saturated rings. The van der Waals surface area contributed by atoms with Crippen molar-refractivity contribution in [2.24, 2.45) is 0 Å². The van der Waals surface area contributed by atoms with Crippen molar-refractivity contribution in [3.63, 3.8) is 0 Å². The largest absolute Gasteiger partial charge is 0.363 e. The zero-order chi connectivity index (χ0) is 10.1. The Labute approximate surface area is 98.2 Å². The van der Waals surface area contributed by atoms with Crippen LogP contribution in [0, 0.1) is 0 Å². The molecule has 0 radical (unpaired) electrons. The molecule has 1 aromatic carbocycles. The second kappa shape index (κ2) is 4.09. The lowest BCUT2D eigenvalue weighted by Crippen LogP contribution is -2.20. The summed E-state index contributed by atoms with van der Waals surface area (Å²) in [6, 6.07) is 8.25. The van der Waals surface area contributed by atoms with E-state index in [1.807, 2.05) is 24.3 Å². The van der Waals surface area contributed by atoms with Crippen molar-refractivity contribution in [2.75, 3.05) is 0 Å². The van der Waals surface area contributed by atoms with Crippen LogP contribution in [0.3, 0.4) is 0 Å². The van der Waals surface area contributed by atoms with Crippen molar-refractivity contribution in [1.82, 2.24) is 5.32 Å². The molecule has 0 aromatic heterocycles. The van der Waals surface area contributed by atoms with E-state index in [1.165, 1.54) is 5.56 Å². The average molecular weight is 244 g/mol. The van der Waals surface area contributed by atoms with Crippen molar-refractivity contribution in [3.8, 4) is 0 Å². The normalized spacial score (nSPS) is 26.3. The lowest BCUT2D eigenvalue weighted by atomic mass is 10.1. The topological polar surface area (TPSA) is 12.0 Å². The minimum Gasteiger partial charge on any atom is -0.363 e. The van der Waals surface area contributed by atoms with Gasteiger partial charge in [0.05, 0.1) is 6.04 Å². The van der Waals surface area contributed by atoms with Gasteiger partial charge in [0.15, 0.2) is 0 Å². The molecule has 0 saturated carbocycles. The van der Waals surface area contributed by atoms with Crippen LogP contribution in [0.25, 0.3) is 0 Å². The first kappa shape index (κ1) is 10.3. The molecular weight excluding hydrogens is 234 g/mol. The predicted molar refractivity (Wildman–Crippen MR) is 67.0 cm³/mol. The molecule has 0 bridgehead atoms. The smallest absolute Gasteiger partial charge is 0.134 e. The van der Waals surface area contributed by atoms with Crippen LogP contribution < -0.4 is 5.32 Å². The van der Waals surface area contributed by atoms with Gasteiger partial charge in [-0.1, -0.05) is 54.6 Å². The Morgan fingerprint density at radius 1 is 1.36 bits per heavy atom. The van der Waals surface area contributed by atoms with Gasteiger partial charge in [-0.25, -0.2) is 0 Å². The molecule has 2 rings (SSSR count). The second-order valence-corrected chi connectivity index (χ2v) is 5.77. The van der Waals surface area contributed by atoms with Gasteiger partial charge in [0.25, 0.3) is 0 Å². The van der Waals surface area contributed by atoms with E-state index in [1.54, 1.807) is 11.8 Å². The molecule has 1 saturated heterocycles. The molecule has 0 amide bonds. The van der Waals surface area contributed by atoms with E-state index >= 15 is 0 Å². The SMILES string of the molecule is C[C@@H]1SC(=S)N[C@H]1c1ccc(Cl)cc1. The van der Waals surface area contributed by atoms with E-state index in [9.17, 15) is 0 Å². The molecule has 74 valence electrons. The zero-order valence-electron chi connectivity index (χ0n) is 7.66. The summed E-state index contributed by atoms with van der Waals surface area (Å²) in [7, 11) is 0. The zero-order valence-corrected chi connectivity index (χ0v) is 10.0. The van der Waals surface area contributed by atoms with Crippen molar-refractivity contribution >= 4 is 39.9 Å². The predicted octanol–water partition coefficient (Wildman–Crippen LogP) is 3.39. The molecule has 0 spiro atoms. The molecular formula is C10H10ClNS2. The maximum absolute atomic E-state index is 5.83. The maximum atomic E-state index is 5.83. The Bertz CT molecular complexity index is 350. The third-order valence-corrected chi connectivity index (χ3v) is 3.90. The lowest BCUT2D eigenvalue weighted by Gasteiger charge is -2.14. The van der Waals surface area contributed by atoms with Gasteiger partial charge >= 0.3 is 0 Å². The van der Waals surface area contributed by atoms with Gasteiger partial charge in [0.2, 0.25) is 0 Å². The van der Waals surface area contributed by atoms with Gasteiger partial charge in [0.1, 0.15) is 4.32 Å². The molecule has 1 heterocycles. The van der Waals surface area contributed by atoms with Gasteiger partial charge in [0, 0.05) is 10.3 Å². The molecule has 0 unspecified atom stereocenters. The quantitative estimate of drug-likeness (QED) is 0.760. The summed E-state index contributed by atoms with van der Waals surface area (Å²) < 4.78 is 0.887. The summed E-state index contributed by atoms with van der Waals surface area (Å²) in [5.74, 6) is 0. The molecule has 14 heavy (non-hydrogen) atoms. The average Bonchev–Trinajstić information content (AvgIpc) is 2.47. The van der Waals surface area contributed by atoms with Crippen LogP contribution in [0.2, 0.25) is 5.02 Å². The number of halogens is 1. The summed E-state index contributed by atoms with van der Waals surface area (Å²) >= 11 is 12.7. The van der Waals surface area contributed by atoms with Crippen molar-refractivity contribution in [3.05, 3.63) is 34.9 Å². The number of nitrogens with one attached hydrogen (secondary N) is 1. The number of rotatable bonds is 1. The van der Waals surface area contributed by atoms with Crippen LogP contribution in [0.5, 0.6) is 0 Å². The summed E-state index contributed by atoms with van der Waals surface area (Å²) in [6.45, 7) is 2.18. The van der Waals surface area contributed by atoms with Gasteiger partial charge in [-0.05, 0) is 17.7 Å². The van der Waals surface area contributed by atoms with Crippen LogP contribution in [0.15, 0.2) is 24.3 Å². The molecule has 2 atom stereocenters. The fraction of sp³-hybridized carbons (Fsp3) is 0.300. The standard InChI is InChI=1S/C10H10ClNS2/c1-6-9(12-10(13)14-6)7-2-4-8(11)5-3-7/h2-6,9H,1H3,(H,12,13)/t6-,9+/m0/s1. The van der Waals surface area contributed by atoms with Crippen molar-refractivity contribution < 1.29 is 0 Å². The highest BCUT2D eigenvalue weighted by molar-refractivity contribution is 8.23. The summed E-state index contributed by atoms with van der Waals surface area (Å²) in [4.78, 5) is 0. The Balaban J connectivity index is 2.23. The first-order valence-corrected chi connectivity index (χ1v) is 6.06. The summed E-state index contributed by atoms with van der Waals surface area (Å²) in [5, 5.41) is 4.55. The van der Waals surface area contributed by atoms with Gasteiger partial charge in [-0.3, -0.25) is 0 Å². The van der Waals surface area contributed by atoms with Crippen LogP contribution in [0.4, 0.5) is 0 Å². The highest BCUT2D eigenvalue weighted by Gasteiger charge is 2.28. The Hall–Kier alpha value is -0.250. The number of thiocarbonyl (C=S) groups is 1. The van der Waals surface area contributed by atoms with E-state index < -0.39 is 0 Å². The molecule has 1 aliphatic rings. The van der Waals surface area contributed by atoms with Crippen LogP contribution in [0.1, 0.15) is 18.5 Å². The number of benzene rings is 1. The molecule has 1 aromatic rings. The van der Waals surface area contributed by atoms with Crippen molar-refractivity contribution in [1.29, 1.82) is 0 Å². The number of thioether (sulfide) groups is 1. The molecule has 4 heteroatoms. The van der Waals surface area contributed by atoms with Crippen LogP contribution in [-0.2, 0) is 0 Å². The third-order valence-electron chi connectivity index (χ3n) is 2.26. The summed E-state index contributed by atoms with van der Waals surface area (Å²) in [6.07, 6.45) is 0. The fourth-order valence-corrected chi connectivity index (χ4v) is 3.14. The molecule has 0 aliphatic carbocycles. The van der Waals surface area contributed by atoms with Gasteiger partial charge in [-0.2, -0.15) is 0 Å². The molecule has 1 N–H and O–H groups in total.